The molecule has 0 saturated heterocycles. The van der Waals surface area contributed by atoms with E-state index in [2.05, 4.69) is 27.2 Å². The first-order valence-corrected chi connectivity index (χ1v) is 9.03. The number of aromatic nitrogens is 2. The van der Waals surface area contributed by atoms with Crippen LogP contribution in [-0.2, 0) is 4.74 Å². The van der Waals surface area contributed by atoms with Crippen molar-refractivity contribution in [1.82, 2.24) is 25.6 Å². The Labute approximate surface area is 166 Å². The maximum Gasteiger partial charge on any atom is 0.265 e. The molecular weight excluding hydrogens is 376 g/mol. The topological polar surface area (TPSA) is 103 Å². The number of thiocarbonyl (C=S) groups is 1. The highest BCUT2D eigenvalue weighted by Crippen LogP contribution is 2.17. The molecule has 8 nitrogen and oxygen atoms in total. The minimum Gasteiger partial charge on any atom is -0.383 e. The zero-order valence-electron chi connectivity index (χ0n) is 15.7. The minimum absolute atomic E-state index is 0.0301. The van der Waals surface area contributed by atoms with Gasteiger partial charge in [0, 0.05) is 19.4 Å². The molecule has 2 aromatic heterocycles. The molecule has 0 saturated carbocycles. The number of benzene rings is 1. The molecule has 0 amide bonds. The standard InChI is InChI=1S/C19H20N6O2S/c1-11(10-27-3)22-19(28)24-21-9-14-12(2)13(8-20)17-23-15-6-4-5-7-16(15)25(17)18(14)26/h4-7,9,11,21H,10H2,1-3H3,(H2,22,24,28)/t11-/m1/s1. The zero-order chi connectivity index (χ0) is 20.3. The number of hydrogen-bond acceptors (Lipinski definition) is 6. The van der Waals surface area contributed by atoms with Crippen LogP contribution in [0.15, 0.2) is 29.1 Å². The van der Waals surface area contributed by atoms with Gasteiger partial charge in [-0.3, -0.25) is 14.6 Å². The average Bonchev–Trinajstić information content (AvgIpc) is 3.04. The molecule has 0 aliphatic heterocycles. The van der Waals surface area contributed by atoms with Crippen molar-refractivity contribution < 1.29 is 4.74 Å². The van der Waals surface area contributed by atoms with E-state index in [4.69, 9.17) is 17.0 Å². The third kappa shape index (κ3) is 3.60. The number of hydrazine groups is 1. The van der Waals surface area contributed by atoms with Gasteiger partial charge in [-0.1, -0.05) is 12.1 Å². The van der Waals surface area contributed by atoms with E-state index >= 15 is 0 Å². The highest BCUT2D eigenvalue weighted by Gasteiger charge is 2.15. The van der Waals surface area contributed by atoms with Crippen LogP contribution >= 0.6 is 12.2 Å². The molecule has 0 aliphatic rings. The molecule has 0 radical (unpaired) electrons. The molecule has 3 rings (SSSR count). The van der Waals surface area contributed by atoms with E-state index in [1.807, 2.05) is 25.1 Å². The first-order chi connectivity index (χ1) is 13.5. The largest absolute Gasteiger partial charge is 0.383 e. The highest BCUT2D eigenvalue weighted by molar-refractivity contribution is 7.80. The van der Waals surface area contributed by atoms with Crippen LogP contribution in [0.4, 0.5) is 0 Å². The molecule has 144 valence electrons. The molecule has 9 heteroatoms. The summed E-state index contributed by atoms with van der Waals surface area (Å²) in [5, 5.41) is 13.4. The van der Waals surface area contributed by atoms with E-state index in [0.29, 0.717) is 44.7 Å². The summed E-state index contributed by atoms with van der Waals surface area (Å²) in [4.78, 5) is 17.5. The molecule has 2 heterocycles. The predicted octanol–water partition coefficient (Wildman–Crippen LogP) is 0.488. The molecule has 0 fully saturated rings. The van der Waals surface area contributed by atoms with E-state index < -0.39 is 0 Å². The van der Waals surface area contributed by atoms with Gasteiger partial charge in [0.2, 0.25) is 0 Å². The summed E-state index contributed by atoms with van der Waals surface area (Å²) in [5.41, 5.74) is 7.96. The Morgan fingerprint density at radius 3 is 2.93 bits per heavy atom. The van der Waals surface area contributed by atoms with Crippen LogP contribution in [0, 0.1) is 18.3 Å². The van der Waals surface area contributed by atoms with Crippen molar-refractivity contribution in [3.05, 3.63) is 51.0 Å². The van der Waals surface area contributed by atoms with Crippen molar-refractivity contribution in [2.75, 3.05) is 13.7 Å². The Morgan fingerprint density at radius 2 is 2.21 bits per heavy atom. The van der Waals surface area contributed by atoms with Gasteiger partial charge in [-0.25, -0.2) is 4.98 Å². The van der Waals surface area contributed by atoms with Gasteiger partial charge < -0.3 is 15.5 Å². The average molecular weight is 396 g/mol. The second-order valence-electron chi connectivity index (χ2n) is 6.33. The SMILES string of the molecule is COC[C@@H](C)NC(=S)NNC=c1c(C)c(C#N)c2nc3ccccc3n2c1=O. The monoisotopic (exact) mass is 396 g/mol. The second-order valence-corrected chi connectivity index (χ2v) is 6.74. The molecule has 0 bridgehead atoms. The number of ether oxygens (including phenoxy) is 1. The normalized spacial score (nSPS) is 12.7. The van der Waals surface area contributed by atoms with E-state index in [0.717, 1.165) is 0 Å². The van der Waals surface area contributed by atoms with E-state index in [-0.39, 0.29) is 11.6 Å². The van der Waals surface area contributed by atoms with Crippen LogP contribution in [0.3, 0.4) is 0 Å². The lowest BCUT2D eigenvalue weighted by molar-refractivity contribution is 0.179. The van der Waals surface area contributed by atoms with Gasteiger partial charge in [-0.2, -0.15) is 5.26 Å². The van der Waals surface area contributed by atoms with Gasteiger partial charge in [0.25, 0.3) is 5.56 Å². The Balaban J connectivity index is 2.01. The Bertz CT molecular complexity index is 1200. The Kier molecular flexibility index (Phi) is 5.73. The summed E-state index contributed by atoms with van der Waals surface area (Å²) in [6, 6.07) is 9.48. The van der Waals surface area contributed by atoms with Crippen molar-refractivity contribution in [2.45, 2.75) is 19.9 Å². The maximum atomic E-state index is 13.1. The number of nitrogens with one attached hydrogen (secondary N) is 3. The lowest BCUT2D eigenvalue weighted by Gasteiger charge is -2.15. The summed E-state index contributed by atoms with van der Waals surface area (Å²) >= 11 is 5.19. The van der Waals surface area contributed by atoms with Crippen molar-refractivity contribution in [1.29, 1.82) is 5.26 Å². The molecule has 0 aliphatic carbocycles. The molecule has 1 atom stereocenters. The van der Waals surface area contributed by atoms with E-state index in [9.17, 15) is 10.1 Å². The summed E-state index contributed by atoms with van der Waals surface area (Å²) in [7, 11) is 1.61. The van der Waals surface area contributed by atoms with Gasteiger partial charge in [0.15, 0.2) is 10.8 Å². The van der Waals surface area contributed by atoms with Crippen LogP contribution in [0.5, 0.6) is 0 Å². The molecule has 1 aromatic carbocycles. The van der Waals surface area contributed by atoms with Crippen molar-refractivity contribution in [3.8, 4) is 6.07 Å². The van der Waals surface area contributed by atoms with Crippen LogP contribution in [0.25, 0.3) is 22.9 Å². The fourth-order valence-corrected chi connectivity index (χ4v) is 3.27. The molecule has 0 unspecified atom stereocenters. The molecular formula is C19H20N6O2S. The number of para-hydroxylation sites is 2. The first kappa shape index (κ1) is 19.5. The number of imidazole rings is 1. The number of fused-ring (bicyclic) bond motifs is 3. The molecule has 28 heavy (non-hydrogen) atoms. The third-order valence-corrected chi connectivity index (χ3v) is 4.52. The van der Waals surface area contributed by atoms with Gasteiger partial charge in [0.1, 0.15) is 6.07 Å². The molecule has 3 aromatic rings. The molecule has 0 spiro atoms. The smallest absolute Gasteiger partial charge is 0.265 e. The van der Waals surface area contributed by atoms with Gasteiger partial charge in [-0.05, 0) is 43.8 Å². The van der Waals surface area contributed by atoms with Crippen molar-refractivity contribution >= 4 is 40.2 Å². The third-order valence-electron chi connectivity index (χ3n) is 4.31. The van der Waals surface area contributed by atoms with Crippen LogP contribution in [0.1, 0.15) is 18.1 Å². The van der Waals surface area contributed by atoms with Gasteiger partial charge in [0.05, 0.1) is 28.4 Å². The second kappa shape index (κ2) is 8.21. The number of rotatable bonds is 5. The lowest BCUT2D eigenvalue weighted by Crippen LogP contribution is -2.47. The Morgan fingerprint density at radius 1 is 1.46 bits per heavy atom. The fourth-order valence-electron chi connectivity index (χ4n) is 3.01. The zero-order valence-corrected chi connectivity index (χ0v) is 16.6. The summed E-state index contributed by atoms with van der Waals surface area (Å²) in [5.74, 6) is 0. The first-order valence-electron chi connectivity index (χ1n) is 8.63. The lowest BCUT2D eigenvalue weighted by atomic mass is 10.1. The van der Waals surface area contributed by atoms with Crippen LogP contribution in [-0.4, -0.2) is 34.3 Å². The summed E-state index contributed by atoms with van der Waals surface area (Å²) < 4.78 is 6.51. The number of pyridine rings is 1. The number of hydrogen-bond donors (Lipinski definition) is 3. The van der Waals surface area contributed by atoms with Gasteiger partial charge >= 0.3 is 0 Å². The van der Waals surface area contributed by atoms with Crippen LogP contribution < -0.4 is 26.9 Å². The van der Waals surface area contributed by atoms with E-state index in [1.165, 1.54) is 10.6 Å². The number of nitrogens with zero attached hydrogens (tertiary/aromatic N) is 3. The highest BCUT2D eigenvalue weighted by atomic mass is 32.1. The van der Waals surface area contributed by atoms with Crippen LogP contribution in [0.2, 0.25) is 0 Å². The van der Waals surface area contributed by atoms with Crippen molar-refractivity contribution in [2.24, 2.45) is 0 Å². The van der Waals surface area contributed by atoms with Crippen molar-refractivity contribution in [3.63, 3.8) is 0 Å². The summed E-state index contributed by atoms with van der Waals surface area (Å²) in [6.07, 6.45) is 1.50. The number of nitriles is 1. The minimum atomic E-state index is -0.263. The molecule has 3 N–H and O–H groups in total. The number of methoxy groups -OCH3 is 1. The fraction of sp³-hybridized carbons (Fsp3) is 0.263. The Hall–Kier alpha value is -3.22. The predicted molar refractivity (Wildman–Crippen MR) is 111 cm³/mol. The summed E-state index contributed by atoms with van der Waals surface area (Å²) in [6.45, 7) is 4.16. The van der Waals surface area contributed by atoms with Gasteiger partial charge in [-0.15, -0.1) is 0 Å². The maximum absolute atomic E-state index is 13.1. The van der Waals surface area contributed by atoms with E-state index in [1.54, 1.807) is 20.1 Å². The quantitative estimate of drug-likeness (QED) is 0.423.